The average molecular weight is 554 g/mol. The number of hydrogen-bond donors (Lipinski definition) is 0. The van der Waals surface area contributed by atoms with Crippen molar-refractivity contribution in [3.05, 3.63) is 71.0 Å². The molecule has 1 heterocycles. The van der Waals surface area contributed by atoms with Crippen LogP contribution in [0.5, 0.6) is 0 Å². The van der Waals surface area contributed by atoms with E-state index in [2.05, 4.69) is 29.3 Å². The van der Waals surface area contributed by atoms with E-state index in [4.69, 9.17) is 4.74 Å². The smallest absolute Gasteiger partial charge is 0.279 e. The first kappa shape index (κ1) is 28.2. The highest BCUT2D eigenvalue weighted by Gasteiger charge is 2.24. The maximum Gasteiger partial charge on any atom is 0.279 e. The van der Waals surface area contributed by atoms with Gasteiger partial charge in [-0.25, -0.2) is 8.42 Å². The Balaban J connectivity index is 1.68. The third-order valence-electron chi connectivity index (χ3n) is 6.55. The average Bonchev–Trinajstić information content (AvgIpc) is 3.29. The minimum atomic E-state index is -3.63. The van der Waals surface area contributed by atoms with Crippen molar-refractivity contribution in [1.82, 2.24) is 8.87 Å². The van der Waals surface area contributed by atoms with Crippen LogP contribution in [0.4, 0.5) is 0 Å². The molecule has 9 heteroatoms. The molecule has 0 aliphatic carbocycles. The molecule has 0 radical (unpaired) electrons. The summed E-state index contributed by atoms with van der Waals surface area (Å²) in [6.07, 6.45) is 3.47. The van der Waals surface area contributed by atoms with Crippen molar-refractivity contribution in [3.63, 3.8) is 0 Å². The SMILES string of the molecule is CCCCN(CCCC)S(=O)(=O)c1ccc(C(=O)N=c2sc3c4ccccc4ccc3n2CCOC)cc1. The Morgan fingerprint density at radius 1 is 0.974 bits per heavy atom. The summed E-state index contributed by atoms with van der Waals surface area (Å²) >= 11 is 1.47. The van der Waals surface area contributed by atoms with E-state index in [0.29, 0.717) is 36.6 Å². The molecular formula is C29H35N3O4S2. The van der Waals surface area contributed by atoms with Gasteiger partial charge in [-0.1, -0.05) is 68.4 Å². The monoisotopic (exact) mass is 553 g/mol. The molecule has 0 N–H and O–H groups in total. The summed E-state index contributed by atoms with van der Waals surface area (Å²) in [6.45, 7) is 6.13. The number of fused-ring (bicyclic) bond motifs is 3. The molecule has 1 aromatic heterocycles. The van der Waals surface area contributed by atoms with Gasteiger partial charge in [0.15, 0.2) is 4.80 Å². The van der Waals surface area contributed by atoms with E-state index in [-0.39, 0.29) is 4.90 Å². The molecule has 0 atom stereocenters. The van der Waals surface area contributed by atoms with Gasteiger partial charge in [-0.2, -0.15) is 9.30 Å². The van der Waals surface area contributed by atoms with Crippen molar-refractivity contribution in [3.8, 4) is 0 Å². The van der Waals surface area contributed by atoms with E-state index in [1.54, 1.807) is 23.5 Å². The summed E-state index contributed by atoms with van der Waals surface area (Å²) in [5.74, 6) is -0.412. The molecule has 0 aliphatic rings. The van der Waals surface area contributed by atoms with Crippen molar-refractivity contribution in [1.29, 1.82) is 0 Å². The lowest BCUT2D eigenvalue weighted by Crippen LogP contribution is -2.33. The molecule has 0 fully saturated rings. The van der Waals surface area contributed by atoms with Crippen LogP contribution in [-0.2, 0) is 21.3 Å². The van der Waals surface area contributed by atoms with E-state index >= 15 is 0 Å². The van der Waals surface area contributed by atoms with Crippen LogP contribution in [-0.4, -0.2) is 50.0 Å². The van der Waals surface area contributed by atoms with Crippen molar-refractivity contribution in [2.75, 3.05) is 26.8 Å². The number of hydrogen-bond acceptors (Lipinski definition) is 5. The molecule has 3 aromatic carbocycles. The Labute approximate surface area is 228 Å². The van der Waals surface area contributed by atoms with Gasteiger partial charge >= 0.3 is 0 Å². The number of nitrogens with zero attached hydrogens (tertiary/aromatic N) is 3. The Morgan fingerprint density at radius 2 is 1.66 bits per heavy atom. The van der Waals surface area contributed by atoms with Crippen LogP contribution in [0.15, 0.2) is 70.6 Å². The molecule has 0 saturated heterocycles. The van der Waals surface area contributed by atoms with Gasteiger partial charge in [0.05, 0.1) is 21.7 Å². The third-order valence-corrected chi connectivity index (χ3v) is 9.59. The fraction of sp³-hybridized carbons (Fsp3) is 0.379. The van der Waals surface area contributed by atoms with E-state index in [1.165, 1.54) is 23.5 Å². The van der Waals surface area contributed by atoms with Crippen LogP contribution in [0.2, 0.25) is 0 Å². The standard InChI is InChI=1S/C29H35N3O4S2/c1-4-6-18-31(19-7-5-2)38(34,35)24-15-12-23(13-16-24)28(33)30-29-32(20-21-36-3)26-17-14-22-10-8-9-11-25(22)27(26)37-29/h8-17H,4-7,18-21H2,1-3H3. The second-order valence-corrected chi connectivity index (χ2v) is 12.1. The zero-order valence-electron chi connectivity index (χ0n) is 22.2. The first-order valence-electron chi connectivity index (χ1n) is 13.1. The number of carbonyl (C=O) groups is 1. The highest BCUT2D eigenvalue weighted by Crippen LogP contribution is 2.28. The summed E-state index contributed by atoms with van der Waals surface area (Å²) in [5, 5.41) is 2.24. The van der Waals surface area contributed by atoms with Crippen molar-refractivity contribution >= 4 is 48.3 Å². The van der Waals surface area contributed by atoms with Gasteiger partial charge in [0.25, 0.3) is 5.91 Å². The van der Waals surface area contributed by atoms with Gasteiger partial charge in [-0.15, -0.1) is 0 Å². The van der Waals surface area contributed by atoms with Crippen LogP contribution >= 0.6 is 11.3 Å². The van der Waals surface area contributed by atoms with Crippen LogP contribution in [0, 0.1) is 0 Å². The zero-order valence-corrected chi connectivity index (χ0v) is 23.9. The molecule has 0 saturated carbocycles. The Kier molecular flexibility index (Phi) is 9.49. The third kappa shape index (κ3) is 6.07. The van der Waals surface area contributed by atoms with Crippen molar-refractivity contribution < 1.29 is 17.9 Å². The van der Waals surface area contributed by atoms with Crippen LogP contribution in [0.25, 0.3) is 21.0 Å². The predicted molar refractivity (Wildman–Crippen MR) is 154 cm³/mol. The Hall–Kier alpha value is -2.85. The molecule has 202 valence electrons. The summed E-state index contributed by atoms with van der Waals surface area (Å²) < 4.78 is 36.5. The van der Waals surface area contributed by atoms with Gasteiger partial charge in [0.1, 0.15) is 0 Å². The number of methoxy groups -OCH3 is 1. The van der Waals surface area contributed by atoms with Gasteiger partial charge in [-0.05, 0) is 48.6 Å². The number of aromatic nitrogens is 1. The molecule has 4 aromatic rings. The highest BCUT2D eigenvalue weighted by molar-refractivity contribution is 7.89. The second-order valence-electron chi connectivity index (χ2n) is 9.22. The largest absolute Gasteiger partial charge is 0.383 e. The lowest BCUT2D eigenvalue weighted by atomic mass is 10.1. The Bertz CT molecular complexity index is 1560. The van der Waals surface area contributed by atoms with Crippen LogP contribution < -0.4 is 4.80 Å². The van der Waals surface area contributed by atoms with Gasteiger partial charge in [0.2, 0.25) is 10.0 Å². The van der Waals surface area contributed by atoms with E-state index in [9.17, 15) is 13.2 Å². The molecule has 7 nitrogen and oxygen atoms in total. The van der Waals surface area contributed by atoms with Crippen molar-refractivity contribution in [2.24, 2.45) is 4.99 Å². The molecule has 0 aliphatic heterocycles. The zero-order chi connectivity index (χ0) is 27.1. The molecular weight excluding hydrogens is 518 g/mol. The number of ether oxygens (including phenoxy) is 1. The number of carbonyl (C=O) groups excluding carboxylic acids is 1. The molecule has 0 bridgehead atoms. The van der Waals surface area contributed by atoms with E-state index in [0.717, 1.165) is 46.7 Å². The predicted octanol–water partition coefficient (Wildman–Crippen LogP) is 5.83. The number of unbranched alkanes of at least 4 members (excludes halogenated alkanes) is 2. The Morgan fingerprint density at radius 3 is 2.32 bits per heavy atom. The summed E-state index contributed by atoms with van der Waals surface area (Å²) in [6, 6.07) is 18.4. The number of sulfonamides is 1. The van der Waals surface area contributed by atoms with Crippen molar-refractivity contribution in [2.45, 2.75) is 51.0 Å². The topological polar surface area (TPSA) is 81.0 Å². The molecule has 1 amide bonds. The van der Waals surface area contributed by atoms with Crippen LogP contribution in [0.1, 0.15) is 49.9 Å². The van der Waals surface area contributed by atoms with Crippen LogP contribution in [0.3, 0.4) is 0 Å². The molecule has 38 heavy (non-hydrogen) atoms. The van der Waals surface area contributed by atoms with E-state index < -0.39 is 15.9 Å². The molecule has 4 rings (SSSR count). The quantitative estimate of drug-likeness (QED) is 0.221. The molecule has 0 unspecified atom stereocenters. The van der Waals surface area contributed by atoms with Gasteiger partial charge in [-0.3, -0.25) is 4.79 Å². The minimum absolute atomic E-state index is 0.199. The lowest BCUT2D eigenvalue weighted by molar-refractivity contribution is 0.0997. The fourth-order valence-electron chi connectivity index (χ4n) is 4.37. The summed E-state index contributed by atoms with van der Waals surface area (Å²) in [7, 11) is -1.98. The normalized spacial score (nSPS) is 12.7. The number of amides is 1. The number of benzene rings is 3. The maximum atomic E-state index is 13.3. The maximum absolute atomic E-state index is 13.3. The first-order chi connectivity index (χ1) is 18.4. The fourth-order valence-corrected chi connectivity index (χ4v) is 7.08. The summed E-state index contributed by atoms with van der Waals surface area (Å²) in [4.78, 5) is 18.4. The lowest BCUT2D eigenvalue weighted by Gasteiger charge is -2.22. The number of rotatable bonds is 12. The van der Waals surface area contributed by atoms with E-state index in [1.807, 2.05) is 30.5 Å². The summed E-state index contributed by atoms with van der Waals surface area (Å²) in [5.41, 5.74) is 1.34. The molecule has 0 spiro atoms. The van der Waals surface area contributed by atoms with Gasteiger partial charge in [0, 0.05) is 37.7 Å². The first-order valence-corrected chi connectivity index (χ1v) is 15.4. The highest BCUT2D eigenvalue weighted by atomic mass is 32.2. The van der Waals surface area contributed by atoms with Gasteiger partial charge < -0.3 is 9.30 Å². The minimum Gasteiger partial charge on any atom is -0.383 e. The second kappa shape index (κ2) is 12.8. The number of thiazole rings is 1.